The van der Waals surface area contributed by atoms with Gasteiger partial charge in [0.15, 0.2) is 23.0 Å². The van der Waals surface area contributed by atoms with Crippen LogP contribution in [0, 0.1) is 0 Å². The van der Waals surface area contributed by atoms with Gasteiger partial charge in [-0.1, -0.05) is 0 Å². The summed E-state index contributed by atoms with van der Waals surface area (Å²) in [5.41, 5.74) is 10.9. The molecule has 10 N–H and O–H groups in total. The van der Waals surface area contributed by atoms with E-state index in [2.05, 4.69) is 31.2 Å². The molecule has 1 aromatic heterocycles. The van der Waals surface area contributed by atoms with E-state index >= 15 is 0 Å². The lowest BCUT2D eigenvalue weighted by Gasteiger charge is -2.11. The van der Waals surface area contributed by atoms with Crippen LogP contribution in [0.25, 0.3) is 0 Å². The fourth-order valence-corrected chi connectivity index (χ4v) is 2.47. The van der Waals surface area contributed by atoms with E-state index in [0.717, 1.165) is 0 Å². The second-order valence-corrected chi connectivity index (χ2v) is 7.00. The van der Waals surface area contributed by atoms with Gasteiger partial charge >= 0.3 is 12.2 Å². The lowest BCUT2D eigenvalue weighted by molar-refractivity contribution is 0.0535. The van der Waals surface area contributed by atoms with Gasteiger partial charge in [0, 0.05) is 26.2 Å². The molecule has 18 heteroatoms. The predicted molar refractivity (Wildman–Crippen MR) is 130 cm³/mol. The van der Waals surface area contributed by atoms with E-state index < -0.39 is 24.0 Å². The minimum atomic E-state index is -0.731. The quantitative estimate of drug-likeness (QED) is 0.0833. The number of aromatic nitrogens is 2. The first-order chi connectivity index (χ1) is 18.3. The minimum absolute atomic E-state index is 0.00330. The number of anilines is 2. The van der Waals surface area contributed by atoms with Gasteiger partial charge in [-0.15, -0.1) is 0 Å². The highest BCUT2D eigenvalue weighted by Gasteiger charge is 2.20. The summed E-state index contributed by atoms with van der Waals surface area (Å²) in [7, 11) is 0. The van der Waals surface area contributed by atoms with Crippen molar-refractivity contribution >= 4 is 35.6 Å². The van der Waals surface area contributed by atoms with Crippen LogP contribution in [0.3, 0.4) is 0 Å². The van der Waals surface area contributed by atoms with Crippen molar-refractivity contribution in [3.63, 3.8) is 0 Å². The monoisotopic (exact) mass is 546 g/mol. The van der Waals surface area contributed by atoms with E-state index in [1.807, 2.05) is 0 Å². The first kappa shape index (κ1) is 32.0. The smallest absolute Gasteiger partial charge is 0.407 e. The number of carbonyl (C=O) groups excluding carboxylic acids is 4. The molecule has 0 saturated carbocycles. The topological polar surface area (TPSA) is 272 Å². The van der Waals surface area contributed by atoms with Crippen LogP contribution < -0.4 is 32.7 Å². The number of ether oxygens (including phenoxy) is 4. The third-order valence-corrected chi connectivity index (χ3v) is 4.13. The highest BCUT2D eigenvalue weighted by molar-refractivity contribution is 6.00. The zero-order valence-corrected chi connectivity index (χ0v) is 20.7. The molecule has 0 saturated heterocycles. The summed E-state index contributed by atoms with van der Waals surface area (Å²) in [6.07, 6.45) is -1.44. The normalized spacial score (nSPS) is 10.4. The Bertz CT molecular complexity index is 833. The van der Waals surface area contributed by atoms with E-state index in [1.54, 1.807) is 0 Å². The molecule has 0 spiro atoms. The molecule has 38 heavy (non-hydrogen) atoms. The number of aliphatic hydroxyl groups excluding tert-OH is 2. The highest BCUT2D eigenvalue weighted by Crippen LogP contribution is 2.13. The van der Waals surface area contributed by atoms with Gasteiger partial charge in [0.2, 0.25) is 0 Å². The first-order valence-electron chi connectivity index (χ1n) is 11.5. The Hall–Kier alpha value is -4.00. The zero-order chi connectivity index (χ0) is 28.2. The SMILES string of the molecule is Nc1nc(C(=O)NCCNC(=O)OCCOCCO)c(N)nc1C(=O)NCCNC(=O)OCCOCCO. The van der Waals surface area contributed by atoms with E-state index in [9.17, 15) is 19.2 Å². The number of nitrogens with zero attached hydrogens (tertiary/aromatic N) is 2. The number of alkyl carbamates (subject to hydrolysis) is 2. The van der Waals surface area contributed by atoms with Gasteiger partial charge in [0.1, 0.15) is 13.2 Å². The maximum Gasteiger partial charge on any atom is 0.407 e. The van der Waals surface area contributed by atoms with Crippen molar-refractivity contribution in [3.8, 4) is 0 Å². The van der Waals surface area contributed by atoms with Crippen LogP contribution in [-0.2, 0) is 18.9 Å². The van der Waals surface area contributed by atoms with Crippen LogP contribution in [-0.4, -0.2) is 123 Å². The van der Waals surface area contributed by atoms with Crippen LogP contribution in [0.1, 0.15) is 21.0 Å². The number of nitrogen functional groups attached to an aromatic ring is 2. The third kappa shape index (κ3) is 13.3. The number of aliphatic hydroxyl groups is 2. The Morgan fingerprint density at radius 3 is 1.34 bits per heavy atom. The molecule has 18 nitrogen and oxygen atoms in total. The van der Waals surface area contributed by atoms with Gasteiger partial charge in [-0.3, -0.25) is 9.59 Å². The van der Waals surface area contributed by atoms with Crippen LogP contribution in [0.5, 0.6) is 0 Å². The number of hydrogen-bond donors (Lipinski definition) is 8. The average molecular weight is 547 g/mol. The van der Waals surface area contributed by atoms with Gasteiger partial charge in [0.25, 0.3) is 11.8 Å². The van der Waals surface area contributed by atoms with Crippen molar-refractivity contribution < 1.29 is 48.3 Å². The number of amides is 4. The lowest BCUT2D eigenvalue weighted by Crippen LogP contribution is -2.37. The molecule has 1 rings (SSSR count). The molecule has 0 radical (unpaired) electrons. The maximum atomic E-state index is 12.3. The van der Waals surface area contributed by atoms with E-state index in [1.165, 1.54) is 0 Å². The Labute approximate surface area is 217 Å². The summed E-state index contributed by atoms with van der Waals surface area (Å²) in [5, 5.41) is 26.9. The van der Waals surface area contributed by atoms with Crippen molar-refractivity contribution in [2.45, 2.75) is 0 Å². The lowest BCUT2D eigenvalue weighted by atomic mass is 10.3. The summed E-state index contributed by atoms with van der Waals surface area (Å²) < 4.78 is 19.5. The summed E-state index contributed by atoms with van der Waals surface area (Å²) >= 11 is 0. The van der Waals surface area contributed by atoms with Crippen molar-refractivity contribution in [1.82, 2.24) is 31.2 Å². The number of nitrogens with one attached hydrogen (secondary N) is 4. The molecule has 0 unspecified atom stereocenters. The Morgan fingerprint density at radius 2 is 0.974 bits per heavy atom. The maximum absolute atomic E-state index is 12.3. The molecule has 1 heterocycles. The zero-order valence-electron chi connectivity index (χ0n) is 20.7. The number of nitrogens with two attached hydrogens (primary N) is 2. The molecule has 0 aliphatic heterocycles. The molecule has 4 amide bonds. The second-order valence-electron chi connectivity index (χ2n) is 7.00. The van der Waals surface area contributed by atoms with Gasteiger partial charge in [-0.05, 0) is 0 Å². The molecule has 0 atom stereocenters. The van der Waals surface area contributed by atoms with Gasteiger partial charge in [-0.25, -0.2) is 19.6 Å². The second kappa shape index (κ2) is 19.2. The summed E-state index contributed by atoms with van der Waals surface area (Å²) in [6, 6.07) is 0. The van der Waals surface area contributed by atoms with Crippen LogP contribution >= 0.6 is 0 Å². The average Bonchev–Trinajstić information content (AvgIpc) is 2.89. The minimum Gasteiger partial charge on any atom is -0.447 e. The number of rotatable bonds is 18. The summed E-state index contributed by atoms with van der Waals surface area (Å²) in [5.74, 6) is -2.15. The molecule has 0 fully saturated rings. The van der Waals surface area contributed by atoms with Crippen molar-refractivity contribution in [3.05, 3.63) is 11.4 Å². The van der Waals surface area contributed by atoms with Crippen molar-refractivity contribution in [1.29, 1.82) is 0 Å². The van der Waals surface area contributed by atoms with Crippen LogP contribution in [0.2, 0.25) is 0 Å². The molecule has 0 aromatic carbocycles. The van der Waals surface area contributed by atoms with Gasteiger partial charge in [-0.2, -0.15) is 0 Å². The molecular formula is C20H34N8O10. The fourth-order valence-electron chi connectivity index (χ4n) is 2.47. The van der Waals surface area contributed by atoms with Crippen molar-refractivity contribution in [2.24, 2.45) is 0 Å². The Kier molecular flexibility index (Phi) is 16.1. The molecule has 0 bridgehead atoms. The first-order valence-corrected chi connectivity index (χ1v) is 11.5. The molecule has 0 aliphatic rings. The van der Waals surface area contributed by atoms with Gasteiger partial charge < -0.3 is 61.9 Å². The summed E-state index contributed by atoms with van der Waals surface area (Å²) in [6.45, 7) is 0.335. The standard InChI is InChI=1S/C20H34N8O10/c21-15-13(17(31)23-1-3-25-19(33)37-11-9-35-7-5-29)27-16(22)14(28-15)18(32)24-2-4-26-20(34)38-12-10-36-8-6-30/h29-30H,1-12H2,(H2,22,27)(H2,21,28)(H,23,31)(H,24,32)(H,25,33)(H,26,34). The summed E-state index contributed by atoms with van der Waals surface area (Å²) in [4.78, 5) is 55.3. The molecule has 1 aromatic rings. The highest BCUT2D eigenvalue weighted by atomic mass is 16.6. The molecule has 0 aliphatic carbocycles. The van der Waals surface area contributed by atoms with Gasteiger partial charge in [0.05, 0.1) is 39.6 Å². The van der Waals surface area contributed by atoms with Crippen LogP contribution in [0.4, 0.5) is 21.2 Å². The largest absolute Gasteiger partial charge is 0.447 e. The number of hydrogen-bond acceptors (Lipinski definition) is 14. The van der Waals surface area contributed by atoms with Crippen molar-refractivity contribution in [2.75, 3.05) is 90.5 Å². The van der Waals surface area contributed by atoms with E-state index in [0.29, 0.717) is 0 Å². The fraction of sp³-hybridized carbons (Fsp3) is 0.600. The number of carbonyl (C=O) groups is 4. The Balaban J connectivity index is 2.37. The molecular weight excluding hydrogens is 512 g/mol. The van der Waals surface area contributed by atoms with E-state index in [-0.39, 0.29) is 102 Å². The third-order valence-electron chi connectivity index (χ3n) is 4.13. The Morgan fingerprint density at radius 1 is 0.605 bits per heavy atom. The van der Waals surface area contributed by atoms with E-state index in [4.69, 9.17) is 40.6 Å². The molecule has 214 valence electrons. The predicted octanol–water partition coefficient (Wildman–Crippen LogP) is -3.43. The van der Waals surface area contributed by atoms with Crippen LogP contribution in [0.15, 0.2) is 0 Å².